The van der Waals surface area contributed by atoms with Gasteiger partial charge < -0.3 is 10.2 Å². The quantitative estimate of drug-likeness (QED) is 0.747. The molecule has 2 N–H and O–H groups in total. The van der Waals surface area contributed by atoms with Gasteiger partial charge in [0, 0.05) is 5.25 Å². The lowest BCUT2D eigenvalue weighted by Gasteiger charge is -2.27. The summed E-state index contributed by atoms with van der Waals surface area (Å²) in [5.41, 5.74) is 0. The molecule has 0 radical (unpaired) electrons. The number of carboxylic acids is 2. The minimum absolute atomic E-state index is 0.00838. The zero-order valence-electron chi connectivity index (χ0n) is 7.81. The van der Waals surface area contributed by atoms with Crippen LogP contribution in [0.5, 0.6) is 0 Å². The van der Waals surface area contributed by atoms with Gasteiger partial charge in [0.15, 0.2) is 0 Å². The highest BCUT2D eigenvalue weighted by Gasteiger charge is 2.31. The predicted molar refractivity (Wildman–Crippen MR) is 53.5 cm³/mol. The third-order valence-electron chi connectivity index (χ3n) is 2.44. The van der Waals surface area contributed by atoms with Gasteiger partial charge in [0.25, 0.3) is 0 Å². The molecule has 0 saturated heterocycles. The average Bonchev–Trinajstić information content (AvgIpc) is 2.15. The monoisotopic (exact) mass is 218 g/mol. The van der Waals surface area contributed by atoms with Crippen LogP contribution in [0.2, 0.25) is 0 Å². The second kappa shape index (κ2) is 5.24. The second-order valence-electron chi connectivity index (χ2n) is 3.47. The van der Waals surface area contributed by atoms with Crippen molar-refractivity contribution in [2.75, 3.05) is 5.75 Å². The number of hydrogen-bond acceptors (Lipinski definition) is 3. The Bertz CT molecular complexity index is 229. The summed E-state index contributed by atoms with van der Waals surface area (Å²) in [6.45, 7) is 0. The van der Waals surface area contributed by atoms with Crippen LogP contribution in [-0.2, 0) is 9.59 Å². The Hall–Kier alpha value is -0.710. The summed E-state index contributed by atoms with van der Waals surface area (Å²) >= 11 is 1.26. The van der Waals surface area contributed by atoms with Gasteiger partial charge in [0.1, 0.15) is 0 Å². The summed E-state index contributed by atoms with van der Waals surface area (Å²) in [5.74, 6) is -2.00. The van der Waals surface area contributed by atoms with Gasteiger partial charge in [-0.15, -0.1) is 11.8 Å². The van der Waals surface area contributed by atoms with Crippen LogP contribution in [0.1, 0.15) is 25.7 Å². The van der Waals surface area contributed by atoms with Crippen molar-refractivity contribution in [3.8, 4) is 0 Å². The summed E-state index contributed by atoms with van der Waals surface area (Å²) in [5, 5.41) is 17.4. The molecule has 1 fully saturated rings. The molecule has 4 nitrogen and oxygen atoms in total. The van der Waals surface area contributed by atoms with Crippen LogP contribution in [0.3, 0.4) is 0 Å². The molecule has 1 saturated carbocycles. The average molecular weight is 218 g/mol. The maximum absolute atomic E-state index is 10.8. The van der Waals surface area contributed by atoms with Crippen molar-refractivity contribution in [1.82, 2.24) is 0 Å². The van der Waals surface area contributed by atoms with E-state index < -0.39 is 11.9 Å². The fourth-order valence-corrected chi connectivity index (χ4v) is 2.93. The summed E-state index contributed by atoms with van der Waals surface area (Å²) in [6, 6.07) is 0. The number of aliphatic carboxylic acids is 2. The van der Waals surface area contributed by atoms with Gasteiger partial charge in [-0.2, -0.15) is 0 Å². The molecule has 14 heavy (non-hydrogen) atoms. The first-order chi connectivity index (χ1) is 6.61. The molecule has 0 bridgehead atoms. The van der Waals surface area contributed by atoms with Crippen molar-refractivity contribution in [3.63, 3.8) is 0 Å². The van der Waals surface area contributed by atoms with E-state index in [1.54, 1.807) is 0 Å². The van der Waals surface area contributed by atoms with Crippen molar-refractivity contribution < 1.29 is 19.8 Å². The van der Waals surface area contributed by atoms with Crippen LogP contribution in [0.15, 0.2) is 0 Å². The second-order valence-corrected chi connectivity index (χ2v) is 4.70. The van der Waals surface area contributed by atoms with Crippen LogP contribution in [0.25, 0.3) is 0 Å². The molecule has 1 rings (SSSR count). The lowest BCUT2D eigenvalue weighted by Crippen LogP contribution is -2.29. The van der Waals surface area contributed by atoms with Crippen LogP contribution < -0.4 is 0 Å². The Morgan fingerprint density at radius 2 is 1.86 bits per heavy atom. The van der Waals surface area contributed by atoms with Gasteiger partial charge in [-0.1, -0.05) is 12.8 Å². The van der Waals surface area contributed by atoms with E-state index in [0.717, 1.165) is 19.3 Å². The third kappa shape index (κ3) is 3.21. The van der Waals surface area contributed by atoms with Crippen LogP contribution in [0.4, 0.5) is 0 Å². The van der Waals surface area contributed by atoms with E-state index in [-0.39, 0.29) is 16.9 Å². The van der Waals surface area contributed by atoms with Gasteiger partial charge in [-0.3, -0.25) is 9.59 Å². The van der Waals surface area contributed by atoms with Crippen molar-refractivity contribution in [2.45, 2.75) is 30.9 Å². The largest absolute Gasteiger partial charge is 0.481 e. The zero-order chi connectivity index (χ0) is 10.6. The highest BCUT2D eigenvalue weighted by molar-refractivity contribution is 8.00. The van der Waals surface area contributed by atoms with Crippen LogP contribution in [-0.4, -0.2) is 33.2 Å². The molecule has 0 aromatic carbocycles. The third-order valence-corrected chi connectivity index (χ3v) is 3.85. The van der Waals surface area contributed by atoms with Crippen molar-refractivity contribution in [2.24, 2.45) is 5.92 Å². The molecular formula is C9H14O4S. The summed E-state index contributed by atoms with van der Waals surface area (Å²) < 4.78 is 0. The minimum Gasteiger partial charge on any atom is -0.481 e. The SMILES string of the molecule is O=C(O)CSC1CCCCC1C(=O)O. The Labute approximate surface area is 86.7 Å². The minimum atomic E-state index is -0.871. The molecular weight excluding hydrogens is 204 g/mol. The summed E-state index contributed by atoms with van der Waals surface area (Å²) in [4.78, 5) is 21.2. The highest BCUT2D eigenvalue weighted by atomic mass is 32.2. The number of carboxylic acid groups (broad SMARTS) is 2. The fraction of sp³-hybridized carbons (Fsp3) is 0.778. The molecule has 80 valence electrons. The normalized spacial score (nSPS) is 27.1. The number of hydrogen-bond donors (Lipinski definition) is 2. The first-order valence-corrected chi connectivity index (χ1v) is 5.72. The summed E-state index contributed by atoms with van der Waals surface area (Å²) in [6.07, 6.45) is 3.48. The van der Waals surface area contributed by atoms with Crippen molar-refractivity contribution >= 4 is 23.7 Å². The lowest BCUT2D eigenvalue weighted by molar-refractivity contribution is -0.142. The molecule has 0 spiro atoms. The van der Waals surface area contributed by atoms with Gasteiger partial charge in [-0.25, -0.2) is 0 Å². The van der Waals surface area contributed by atoms with Gasteiger partial charge >= 0.3 is 11.9 Å². The van der Waals surface area contributed by atoms with Crippen molar-refractivity contribution in [1.29, 1.82) is 0 Å². The molecule has 0 aliphatic heterocycles. The number of thioether (sulfide) groups is 1. The number of carbonyl (C=O) groups is 2. The zero-order valence-corrected chi connectivity index (χ0v) is 8.63. The van der Waals surface area contributed by atoms with E-state index in [2.05, 4.69) is 0 Å². The Morgan fingerprint density at radius 3 is 2.43 bits per heavy atom. The first kappa shape index (κ1) is 11.4. The van der Waals surface area contributed by atoms with E-state index in [9.17, 15) is 9.59 Å². The van der Waals surface area contributed by atoms with Crippen LogP contribution in [0, 0.1) is 5.92 Å². The topological polar surface area (TPSA) is 74.6 Å². The van der Waals surface area contributed by atoms with Crippen LogP contribution >= 0.6 is 11.8 Å². The molecule has 0 heterocycles. The summed E-state index contributed by atoms with van der Waals surface area (Å²) in [7, 11) is 0. The smallest absolute Gasteiger partial charge is 0.313 e. The van der Waals surface area contributed by atoms with Crippen molar-refractivity contribution in [3.05, 3.63) is 0 Å². The highest BCUT2D eigenvalue weighted by Crippen LogP contribution is 2.33. The molecule has 0 aromatic heterocycles. The number of rotatable bonds is 4. The molecule has 2 unspecified atom stereocenters. The Morgan fingerprint density at radius 1 is 1.21 bits per heavy atom. The maximum Gasteiger partial charge on any atom is 0.313 e. The predicted octanol–water partition coefficient (Wildman–Crippen LogP) is 1.45. The van der Waals surface area contributed by atoms with E-state index in [1.807, 2.05) is 0 Å². The standard InChI is InChI=1S/C9H14O4S/c10-8(11)5-14-7-4-2-1-3-6(7)9(12)13/h6-7H,1-5H2,(H,10,11)(H,12,13). The Balaban J connectivity index is 2.45. The first-order valence-electron chi connectivity index (χ1n) is 4.67. The van der Waals surface area contributed by atoms with Gasteiger partial charge in [0.2, 0.25) is 0 Å². The van der Waals surface area contributed by atoms with E-state index in [4.69, 9.17) is 10.2 Å². The molecule has 1 aliphatic rings. The molecule has 5 heteroatoms. The van der Waals surface area contributed by atoms with Gasteiger partial charge in [-0.05, 0) is 12.8 Å². The van der Waals surface area contributed by atoms with E-state index in [1.165, 1.54) is 11.8 Å². The molecule has 0 aromatic rings. The molecule has 2 atom stereocenters. The van der Waals surface area contributed by atoms with Gasteiger partial charge in [0.05, 0.1) is 11.7 Å². The van der Waals surface area contributed by atoms with E-state index >= 15 is 0 Å². The van der Waals surface area contributed by atoms with E-state index in [0.29, 0.717) is 6.42 Å². The maximum atomic E-state index is 10.8. The Kier molecular flexibility index (Phi) is 4.25. The molecule has 0 amide bonds. The molecule has 1 aliphatic carbocycles. The fourth-order valence-electron chi connectivity index (χ4n) is 1.76. The lowest BCUT2D eigenvalue weighted by atomic mass is 9.89.